The van der Waals surface area contributed by atoms with Gasteiger partial charge in [0.05, 0.1) is 0 Å². The summed E-state index contributed by atoms with van der Waals surface area (Å²) in [4.78, 5) is 0. The van der Waals surface area contributed by atoms with Crippen LogP contribution in [-0.2, 0) is 13.0 Å². The molecule has 0 spiro atoms. The zero-order valence-corrected chi connectivity index (χ0v) is 9.17. The van der Waals surface area contributed by atoms with Crippen molar-refractivity contribution < 1.29 is 0 Å². The van der Waals surface area contributed by atoms with Crippen LogP contribution in [0.15, 0.2) is 24.4 Å². The Morgan fingerprint density at radius 1 is 1.21 bits per heavy atom. The molecule has 74 valence electrons. The van der Waals surface area contributed by atoms with Gasteiger partial charge in [-0.1, -0.05) is 19.1 Å². The molecule has 0 aliphatic carbocycles. The number of hydrogen-bond acceptors (Lipinski definition) is 0. The molecular formula is C13H17N. The molecule has 0 amide bonds. The van der Waals surface area contributed by atoms with Crippen molar-refractivity contribution >= 4 is 10.9 Å². The molecule has 1 aromatic heterocycles. The van der Waals surface area contributed by atoms with Crippen LogP contribution >= 0.6 is 0 Å². The highest BCUT2D eigenvalue weighted by Gasteiger charge is 2.05. The van der Waals surface area contributed by atoms with E-state index in [9.17, 15) is 0 Å². The summed E-state index contributed by atoms with van der Waals surface area (Å²) in [6.07, 6.45) is 3.40. The van der Waals surface area contributed by atoms with Crippen molar-refractivity contribution in [1.29, 1.82) is 0 Å². The second kappa shape index (κ2) is 3.49. The SMILES string of the molecule is CCc1cn(CC)c2cc(C)ccc12. The average molecular weight is 187 g/mol. The summed E-state index contributed by atoms with van der Waals surface area (Å²) in [7, 11) is 0. The van der Waals surface area contributed by atoms with Gasteiger partial charge in [-0.05, 0) is 37.5 Å². The summed E-state index contributed by atoms with van der Waals surface area (Å²) in [5, 5.41) is 1.42. The van der Waals surface area contributed by atoms with Gasteiger partial charge in [0, 0.05) is 23.6 Å². The molecule has 0 aliphatic rings. The Bertz CT molecular complexity index is 451. The first-order chi connectivity index (χ1) is 6.76. The molecule has 2 aromatic rings. The molecule has 1 heteroatoms. The standard InChI is InChI=1S/C13H17N/c1-4-11-9-14(5-2)13-8-10(3)6-7-12(11)13/h6-9H,4-5H2,1-3H3. The van der Waals surface area contributed by atoms with E-state index in [4.69, 9.17) is 0 Å². The quantitative estimate of drug-likeness (QED) is 0.677. The minimum atomic E-state index is 1.06. The minimum Gasteiger partial charge on any atom is -0.347 e. The third kappa shape index (κ3) is 1.33. The summed E-state index contributed by atoms with van der Waals surface area (Å²) >= 11 is 0. The van der Waals surface area contributed by atoms with Gasteiger partial charge < -0.3 is 4.57 Å². The molecule has 0 aliphatic heterocycles. The molecule has 0 N–H and O–H groups in total. The predicted octanol–water partition coefficient (Wildman–Crippen LogP) is 3.53. The Balaban J connectivity index is 2.75. The van der Waals surface area contributed by atoms with Crippen molar-refractivity contribution in [2.45, 2.75) is 33.7 Å². The highest BCUT2D eigenvalue weighted by molar-refractivity contribution is 5.84. The van der Waals surface area contributed by atoms with Crippen molar-refractivity contribution in [1.82, 2.24) is 4.57 Å². The molecule has 0 atom stereocenters. The lowest BCUT2D eigenvalue weighted by Gasteiger charge is -2.00. The van der Waals surface area contributed by atoms with Crippen LogP contribution in [0.4, 0.5) is 0 Å². The Hall–Kier alpha value is -1.24. The fraction of sp³-hybridized carbons (Fsp3) is 0.385. The van der Waals surface area contributed by atoms with E-state index in [0.717, 1.165) is 13.0 Å². The van der Waals surface area contributed by atoms with Crippen molar-refractivity contribution in [3.05, 3.63) is 35.5 Å². The molecule has 0 saturated heterocycles. The minimum absolute atomic E-state index is 1.06. The second-order valence-electron chi connectivity index (χ2n) is 3.81. The molecule has 1 heterocycles. The summed E-state index contributed by atoms with van der Waals surface area (Å²) < 4.78 is 2.33. The Labute approximate surface area is 85.4 Å². The molecule has 1 nitrogen and oxygen atoms in total. The summed E-state index contributed by atoms with van der Waals surface area (Å²) in [5.41, 5.74) is 4.18. The molecule has 0 saturated carbocycles. The van der Waals surface area contributed by atoms with Crippen molar-refractivity contribution in [2.24, 2.45) is 0 Å². The zero-order valence-electron chi connectivity index (χ0n) is 9.17. The smallest absolute Gasteiger partial charge is 0.0485 e. The second-order valence-corrected chi connectivity index (χ2v) is 3.81. The first kappa shape index (κ1) is 9.32. The van der Waals surface area contributed by atoms with Gasteiger partial charge in [-0.15, -0.1) is 0 Å². The molecule has 0 unspecified atom stereocenters. The van der Waals surface area contributed by atoms with E-state index in [1.165, 1.54) is 22.0 Å². The number of aryl methyl sites for hydroxylation is 3. The van der Waals surface area contributed by atoms with E-state index in [-0.39, 0.29) is 0 Å². The van der Waals surface area contributed by atoms with Gasteiger partial charge in [0.15, 0.2) is 0 Å². The summed E-state index contributed by atoms with van der Waals surface area (Å²) in [6, 6.07) is 6.72. The first-order valence-electron chi connectivity index (χ1n) is 5.34. The first-order valence-corrected chi connectivity index (χ1v) is 5.34. The van der Waals surface area contributed by atoms with E-state index >= 15 is 0 Å². The van der Waals surface area contributed by atoms with E-state index in [1.54, 1.807) is 0 Å². The average Bonchev–Trinajstić information content (AvgIpc) is 2.55. The third-order valence-corrected chi connectivity index (χ3v) is 2.84. The van der Waals surface area contributed by atoms with E-state index in [1.807, 2.05) is 0 Å². The maximum absolute atomic E-state index is 2.33. The molecule has 0 fully saturated rings. The fourth-order valence-electron chi connectivity index (χ4n) is 2.02. The van der Waals surface area contributed by atoms with Crippen LogP contribution in [0.25, 0.3) is 10.9 Å². The molecule has 0 bridgehead atoms. The van der Waals surface area contributed by atoms with Gasteiger partial charge in [0.25, 0.3) is 0 Å². The molecule has 1 aromatic carbocycles. The number of rotatable bonds is 2. The monoisotopic (exact) mass is 187 g/mol. The summed E-state index contributed by atoms with van der Waals surface area (Å²) in [6.45, 7) is 7.62. The lowest BCUT2D eigenvalue weighted by Crippen LogP contribution is -1.90. The van der Waals surface area contributed by atoms with Crippen LogP contribution in [0.3, 0.4) is 0 Å². The molecule has 14 heavy (non-hydrogen) atoms. The number of benzene rings is 1. The van der Waals surface area contributed by atoms with Crippen LogP contribution in [0.5, 0.6) is 0 Å². The van der Waals surface area contributed by atoms with Gasteiger partial charge in [0.1, 0.15) is 0 Å². The van der Waals surface area contributed by atoms with E-state index in [0.29, 0.717) is 0 Å². The van der Waals surface area contributed by atoms with Crippen LogP contribution in [0.2, 0.25) is 0 Å². The number of hydrogen-bond donors (Lipinski definition) is 0. The fourth-order valence-corrected chi connectivity index (χ4v) is 2.02. The maximum atomic E-state index is 2.33. The number of nitrogens with zero attached hydrogens (tertiary/aromatic N) is 1. The van der Waals surface area contributed by atoms with Crippen LogP contribution in [-0.4, -0.2) is 4.57 Å². The van der Waals surface area contributed by atoms with Crippen molar-refractivity contribution in [3.8, 4) is 0 Å². The molecule has 0 radical (unpaired) electrons. The van der Waals surface area contributed by atoms with Crippen molar-refractivity contribution in [3.63, 3.8) is 0 Å². The number of fused-ring (bicyclic) bond motifs is 1. The molecule has 2 rings (SSSR count). The van der Waals surface area contributed by atoms with Gasteiger partial charge in [0.2, 0.25) is 0 Å². The predicted molar refractivity (Wildman–Crippen MR) is 61.7 cm³/mol. The van der Waals surface area contributed by atoms with Crippen LogP contribution in [0, 0.1) is 6.92 Å². The topological polar surface area (TPSA) is 4.93 Å². The normalized spacial score (nSPS) is 11.1. The van der Waals surface area contributed by atoms with E-state index in [2.05, 4.69) is 49.7 Å². The van der Waals surface area contributed by atoms with Crippen LogP contribution in [0.1, 0.15) is 25.0 Å². The van der Waals surface area contributed by atoms with Gasteiger partial charge in [-0.2, -0.15) is 0 Å². The maximum Gasteiger partial charge on any atom is 0.0485 e. The van der Waals surface area contributed by atoms with Crippen LogP contribution < -0.4 is 0 Å². The Morgan fingerprint density at radius 3 is 2.64 bits per heavy atom. The van der Waals surface area contributed by atoms with Gasteiger partial charge in [-0.25, -0.2) is 0 Å². The number of aromatic nitrogens is 1. The largest absolute Gasteiger partial charge is 0.347 e. The van der Waals surface area contributed by atoms with Gasteiger partial charge >= 0.3 is 0 Å². The third-order valence-electron chi connectivity index (χ3n) is 2.84. The lowest BCUT2D eigenvalue weighted by molar-refractivity contribution is 0.792. The summed E-state index contributed by atoms with van der Waals surface area (Å²) in [5.74, 6) is 0. The molecular weight excluding hydrogens is 170 g/mol. The zero-order chi connectivity index (χ0) is 10.1. The highest BCUT2D eigenvalue weighted by Crippen LogP contribution is 2.22. The van der Waals surface area contributed by atoms with E-state index < -0.39 is 0 Å². The van der Waals surface area contributed by atoms with Gasteiger partial charge in [-0.3, -0.25) is 0 Å². The Morgan fingerprint density at radius 2 is 2.00 bits per heavy atom. The lowest BCUT2D eigenvalue weighted by atomic mass is 10.1. The van der Waals surface area contributed by atoms with Crippen molar-refractivity contribution in [2.75, 3.05) is 0 Å². The highest BCUT2D eigenvalue weighted by atomic mass is 14.9. The Kier molecular flexibility index (Phi) is 2.32.